The van der Waals surface area contributed by atoms with Crippen LogP contribution < -0.4 is 20.7 Å². The van der Waals surface area contributed by atoms with Crippen molar-refractivity contribution in [1.82, 2.24) is 10.6 Å². The van der Waals surface area contributed by atoms with Gasteiger partial charge in [0.05, 0.1) is 12.6 Å². The number of thiophene rings is 1. The highest BCUT2D eigenvalue weighted by Crippen LogP contribution is 2.17. The van der Waals surface area contributed by atoms with Crippen LogP contribution in [0.4, 0.5) is 5.69 Å². The number of hydrogen-bond acceptors (Lipinski definition) is 4. The summed E-state index contributed by atoms with van der Waals surface area (Å²) in [6.07, 6.45) is 0.129. The molecule has 1 aromatic heterocycles. The zero-order valence-electron chi connectivity index (χ0n) is 17.2. The van der Waals surface area contributed by atoms with Gasteiger partial charge in [-0.2, -0.15) is 0 Å². The van der Waals surface area contributed by atoms with E-state index < -0.39 is 0 Å². The van der Waals surface area contributed by atoms with Gasteiger partial charge in [0.2, 0.25) is 5.91 Å². The summed E-state index contributed by atoms with van der Waals surface area (Å²) in [7, 11) is 0. The minimum absolute atomic E-state index is 0.0472. The van der Waals surface area contributed by atoms with Gasteiger partial charge in [-0.05, 0) is 70.3 Å². The van der Waals surface area contributed by atoms with Crippen LogP contribution in [-0.2, 0) is 11.3 Å². The van der Waals surface area contributed by atoms with Crippen LogP contribution in [0.15, 0.2) is 46.8 Å². The first-order valence-electron chi connectivity index (χ1n) is 9.37. The summed E-state index contributed by atoms with van der Waals surface area (Å²) in [4.78, 5) is 17.7. The van der Waals surface area contributed by atoms with Crippen LogP contribution in [0.25, 0.3) is 0 Å². The third kappa shape index (κ3) is 8.43. The van der Waals surface area contributed by atoms with Gasteiger partial charge in [-0.3, -0.25) is 4.79 Å². The topological polar surface area (TPSA) is 74.8 Å². The predicted molar refractivity (Wildman–Crippen MR) is 117 cm³/mol. The zero-order chi connectivity index (χ0) is 20.6. The molecule has 1 heterocycles. The molecule has 0 fully saturated rings. The molecule has 0 aliphatic carbocycles. The largest absolute Gasteiger partial charge is 0.491 e. The summed E-state index contributed by atoms with van der Waals surface area (Å²) in [5, 5.41) is 11.5. The monoisotopic (exact) mass is 402 g/mol. The van der Waals surface area contributed by atoms with Gasteiger partial charge < -0.3 is 20.7 Å². The molecule has 0 spiro atoms. The molecule has 0 unspecified atom stereocenters. The van der Waals surface area contributed by atoms with Gasteiger partial charge in [0, 0.05) is 16.1 Å². The van der Waals surface area contributed by atoms with E-state index in [-0.39, 0.29) is 24.1 Å². The summed E-state index contributed by atoms with van der Waals surface area (Å²) in [5.41, 5.74) is 0.585. The van der Waals surface area contributed by atoms with Crippen LogP contribution in [0.1, 0.15) is 39.5 Å². The molecule has 6 nitrogen and oxygen atoms in total. The van der Waals surface area contributed by atoms with Crippen molar-refractivity contribution >= 4 is 28.9 Å². The Morgan fingerprint density at radius 1 is 1.18 bits per heavy atom. The van der Waals surface area contributed by atoms with Crippen LogP contribution in [0, 0.1) is 0 Å². The Labute approximate surface area is 171 Å². The lowest BCUT2D eigenvalue weighted by Crippen LogP contribution is -2.42. The van der Waals surface area contributed by atoms with Crippen LogP contribution in [-0.4, -0.2) is 30.1 Å². The molecule has 7 heteroatoms. The van der Waals surface area contributed by atoms with Crippen molar-refractivity contribution in [1.29, 1.82) is 0 Å². The Morgan fingerprint density at radius 3 is 2.46 bits per heavy atom. The first kappa shape index (κ1) is 21.8. The van der Waals surface area contributed by atoms with E-state index in [4.69, 9.17) is 4.74 Å². The summed E-state index contributed by atoms with van der Waals surface area (Å²) < 4.78 is 5.67. The molecule has 2 aromatic rings. The maximum Gasteiger partial charge on any atom is 0.242 e. The number of benzene rings is 1. The second-order valence-electron chi connectivity index (χ2n) is 7.71. The Hall–Kier alpha value is -2.54. The number of guanidine groups is 1. The lowest BCUT2D eigenvalue weighted by molar-refractivity contribution is -0.121. The average molecular weight is 403 g/mol. The fourth-order valence-electron chi connectivity index (χ4n) is 2.36. The third-order valence-electron chi connectivity index (χ3n) is 3.39. The first-order chi connectivity index (χ1) is 13.2. The predicted octanol–water partition coefficient (Wildman–Crippen LogP) is 4.01. The van der Waals surface area contributed by atoms with Crippen molar-refractivity contribution in [3.05, 3.63) is 46.7 Å². The van der Waals surface area contributed by atoms with Crippen molar-refractivity contribution in [3.8, 4) is 5.75 Å². The molecule has 0 bridgehead atoms. The molecule has 3 N–H and O–H groups in total. The smallest absolute Gasteiger partial charge is 0.242 e. The summed E-state index contributed by atoms with van der Waals surface area (Å²) in [5.74, 6) is 1.25. The second kappa shape index (κ2) is 10.1. The van der Waals surface area contributed by atoms with E-state index in [1.165, 1.54) is 4.88 Å². The fraction of sp³-hybridized carbons (Fsp3) is 0.429. The zero-order valence-corrected chi connectivity index (χ0v) is 18.0. The quantitative estimate of drug-likeness (QED) is 0.483. The Balaban J connectivity index is 2.04. The number of carbonyl (C=O) groups is 1. The fourth-order valence-corrected chi connectivity index (χ4v) is 3.00. The Kier molecular flexibility index (Phi) is 7.87. The van der Waals surface area contributed by atoms with Crippen LogP contribution in [0.3, 0.4) is 0 Å². The molecule has 0 saturated heterocycles. The molecule has 0 aliphatic rings. The molecule has 0 atom stereocenters. The number of rotatable bonds is 7. The van der Waals surface area contributed by atoms with E-state index in [2.05, 4.69) is 27.0 Å². The molecule has 0 aliphatic heterocycles. The molecule has 28 heavy (non-hydrogen) atoms. The summed E-state index contributed by atoms with van der Waals surface area (Å²) >= 11 is 1.67. The molecule has 0 radical (unpaired) electrons. The molecule has 1 aromatic carbocycles. The van der Waals surface area contributed by atoms with Gasteiger partial charge in [0.25, 0.3) is 0 Å². The molecular formula is C21H30N4O2S. The van der Waals surface area contributed by atoms with Gasteiger partial charge in [-0.15, -0.1) is 11.3 Å². The molecule has 1 amide bonds. The van der Waals surface area contributed by atoms with E-state index in [1.54, 1.807) is 11.3 Å². The number of ether oxygens (including phenoxy) is 1. The highest BCUT2D eigenvalue weighted by molar-refractivity contribution is 7.09. The van der Waals surface area contributed by atoms with Crippen LogP contribution in [0.2, 0.25) is 0 Å². The van der Waals surface area contributed by atoms with E-state index in [0.717, 1.165) is 11.4 Å². The number of aliphatic imine (C=N–C) groups is 1. The number of nitrogens with zero attached hydrogens (tertiary/aromatic N) is 1. The molecular weight excluding hydrogens is 372 g/mol. The van der Waals surface area contributed by atoms with E-state index in [1.807, 2.05) is 70.3 Å². The summed E-state index contributed by atoms with van der Waals surface area (Å²) in [6, 6.07) is 11.7. The number of nitrogens with one attached hydrogen (secondary N) is 3. The first-order valence-corrected chi connectivity index (χ1v) is 10.2. The van der Waals surface area contributed by atoms with Crippen LogP contribution >= 0.6 is 11.3 Å². The Bertz CT molecular complexity index is 763. The van der Waals surface area contributed by atoms with E-state index >= 15 is 0 Å². The highest BCUT2D eigenvalue weighted by Gasteiger charge is 2.13. The number of hydrogen-bond donors (Lipinski definition) is 3. The van der Waals surface area contributed by atoms with E-state index in [9.17, 15) is 4.79 Å². The average Bonchev–Trinajstić information content (AvgIpc) is 3.10. The Morgan fingerprint density at radius 2 is 1.89 bits per heavy atom. The van der Waals surface area contributed by atoms with Crippen molar-refractivity contribution in [3.63, 3.8) is 0 Å². The third-order valence-corrected chi connectivity index (χ3v) is 4.27. The standard InChI is InChI=1S/C21H30N4O2S/c1-15(2)27-17-10-8-16(9-11-17)24-20(22-13-18-7-6-12-28-18)23-14-19(26)25-21(3,4)5/h6-12,15H,13-14H2,1-5H3,(H,25,26)(H2,22,23,24). The van der Waals surface area contributed by atoms with E-state index in [0.29, 0.717) is 12.5 Å². The number of carbonyl (C=O) groups excluding carboxylic acids is 1. The van der Waals surface area contributed by atoms with Crippen molar-refractivity contribution in [2.24, 2.45) is 4.99 Å². The molecule has 2 rings (SSSR count). The van der Waals surface area contributed by atoms with Crippen molar-refractivity contribution in [2.45, 2.75) is 52.8 Å². The lowest BCUT2D eigenvalue weighted by atomic mass is 10.1. The minimum Gasteiger partial charge on any atom is -0.491 e. The molecule has 0 saturated carbocycles. The lowest BCUT2D eigenvalue weighted by Gasteiger charge is -2.20. The normalized spacial score (nSPS) is 12.0. The highest BCUT2D eigenvalue weighted by atomic mass is 32.1. The maximum atomic E-state index is 12.1. The van der Waals surface area contributed by atoms with Gasteiger partial charge in [-0.1, -0.05) is 6.07 Å². The number of amides is 1. The SMILES string of the molecule is CC(C)Oc1ccc(NC(=NCC(=O)NC(C)(C)C)NCc2cccs2)cc1. The summed E-state index contributed by atoms with van der Waals surface area (Å²) in [6.45, 7) is 10.5. The van der Waals surface area contributed by atoms with Gasteiger partial charge in [0.1, 0.15) is 12.3 Å². The van der Waals surface area contributed by atoms with Gasteiger partial charge >= 0.3 is 0 Å². The number of anilines is 1. The second-order valence-corrected chi connectivity index (χ2v) is 8.74. The van der Waals surface area contributed by atoms with Crippen LogP contribution in [0.5, 0.6) is 5.75 Å². The van der Waals surface area contributed by atoms with Gasteiger partial charge in [-0.25, -0.2) is 4.99 Å². The van der Waals surface area contributed by atoms with Crippen molar-refractivity contribution < 1.29 is 9.53 Å². The maximum absolute atomic E-state index is 12.1. The van der Waals surface area contributed by atoms with Gasteiger partial charge in [0.15, 0.2) is 5.96 Å². The molecule has 152 valence electrons. The minimum atomic E-state index is -0.281. The van der Waals surface area contributed by atoms with Crippen molar-refractivity contribution in [2.75, 3.05) is 11.9 Å².